The lowest BCUT2D eigenvalue weighted by Crippen LogP contribution is -2.37. The van der Waals surface area contributed by atoms with E-state index in [1.54, 1.807) is 18.2 Å². The fourth-order valence-electron chi connectivity index (χ4n) is 2.97. The maximum Gasteiger partial charge on any atom is 0.228 e. The molecule has 1 saturated carbocycles. The molecular formula is C16H18Cl2N2O2. The molecular weight excluding hydrogens is 323 g/mol. The second kappa shape index (κ2) is 6.47. The van der Waals surface area contributed by atoms with Crippen LogP contribution in [0.15, 0.2) is 18.2 Å². The number of halogens is 2. The van der Waals surface area contributed by atoms with E-state index in [1.807, 2.05) is 4.90 Å². The van der Waals surface area contributed by atoms with Crippen molar-refractivity contribution < 1.29 is 9.59 Å². The van der Waals surface area contributed by atoms with Crippen molar-refractivity contribution in [1.82, 2.24) is 4.90 Å². The van der Waals surface area contributed by atoms with Crippen molar-refractivity contribution in [2.75, 3.05) is 18.4 Å². The molecule has 4 nitrogen and oxygen atoms in total. The molecule has 2 fully saturated rings. The standard InChI is InChI=1S/C16H18Cl2N2O2/c17-10-6-11(18)8-12(7-10)19-15(21)13-9-14(13)16(22)20-4-2-1-3-5-20/h6-8,13-14H,1-5,9H2,(H,19,21). The molecule has 6 heteroatoms. The van der Waals surface area contributed by atoms with Gasteiger partial charge in [0.2, 0.25) is 11.8 Å². The summed E-state index contributed by atoms with van der Waals surface area (Å²) in [5.41, 5.74) is 0.568. The average molecular weight is 341 g/mol. The highest BCUT2D eigenvalue weighted by molar-refractivity contribution is 6.35. The molecule has 1 aliphatic carbocycles. The van der Waals surface area contributed by atoms with E-state index in [9.17, 15) is 9.59 Å². The first kappa shape index (κ1) is 15.6. The number of piperidine rings is 1. The van der Waals surface area contributed by atoms with Crippen molar-refractivity contribution in [2.45, 2.75) is 25.7 Å². The molecule has 1 heterocycles. The van der Waals surface area contributed by atoms with Gasteiger partial charge < -0.3 is 10.2 Å². The molecule has 0 radical (unpaired) electrons. The van der Waals surface area contributed by atoms with Crippen LogP contribution in [0.4, 0.5) is 5.69 Å². The topological polar surface area (TPSA) is 49.4 Å². The first-order chi connectivity index (χ1) is 10.5. The first-order valence-electron chi connectivity index (χ1n) is 7.60. The third-order valence-electron chi connectivity index (χ3n) is 4.24. The number of hydrogen-bond donors (Lipinski definition) is 1. The monoisotopic (exact) mass is 340 g/mol. The van der Waals surface area contributed by atoms with Gasteiger partial charge in [0.25, 0.3) is 0 Å². The van der Waals surface area contributed by atoms with Gasteiger partial charge in [0.15, 0.2) is 0 Å². The van der Waals surface area contributed by atoms with Crippen molar-refractivity contribution in [3.05, 3.63) is 28.2 Å². The normalized spacial score (nSPS) is 24.0. The van der Waals surface area contributed by atoms with Gasteiger partial charge >= 0.3 is 0 Å². The van der Waals surface area contributed by atoms with E-state index in [1.165, 1.54) is 6.42 Å². The van der Waals surface area contributed by atoms with Crippen LogP contribution in [0.25, 0.3) is 0 Å². The Hall–Kier alpha value is -1.26. The Labute approximate surface area is 139 Å². The molecule has 2 aliphatic rings. The van der Waals surface area contributed by atoms with Gasteiger partial charge in [-0.25, -0.2) is 0 Å². The van der Waals surface area contributed by atoms with Gasteiger partial charge in [-0.1, -0.05) is 23.2 Å². The molecule has 3 rings (SSSR count). The van der Waals surface area contributed by atoms with E-state index >= 15 is 0 Å². The summed E-state index contributed by atoms with van der Waals surface area (Å²) in [7, 11) is 0. The quantitative estimate of drug-likeness (QED) is 0.914. The molecule has 1 saturated heterocycles. The van der Waals surface area contributed by atoms with Crippen LogP contribution in [0.3, 0.4) is 0 Å². The number of rotatable bonds is 3. The third-order valence-corrected chi connectivity index (χ3v) is 4.68. The van der Waals surface area contributed by atoms with Crippen LogP contribution >= 0.6 is 23.2 Å². The van der Waals surface area contributed by atoms with Gasteiger partial charge in [-0.3, -0.25) is 9.59 Å². The van der Waals surface area contributed by atoms with E-state index < -0.39 is 0 Å². The number of nitrogens with zero attached hydrogens (tertiary/aromatic N) is 1. The molecule has 0 bridgehead atoms. The van der Waals surface area contributed by atoms with Crippen molar-refractivity contribution in [3.8, 4) is 0 Å². The average Bonchev–Trinajstić information content (AvgIpc) is 3.27. The SMILES string of the molecule is O=C(Nc1cc(Cl)cc(Cl)c1)C1CC1C(=O)N1CCCCC1. The van der Waals surface area contributed by atoms with E-state index in [0.29, 0.717) is 22.2 Å². The smallest absolute Gasteiger partial charge is 0.228 e. The van der Waals surface area contributed by atoms with Crippen LogP contribution in [-0.2, 0) is 9.59 Å². The second-order valence-corrected chi connectivity index (χ2v) is 6.85. The minimum absolute atomic E-state index is 0.129. The molecule has 22 heavy (non-hydrogen) atoms. The summed E-state index contributed by atoms with van der Waals surface area (Å²) >= 11 is 11.8. The summed E-state index contributed by atoms with van der Waals surface area (Å²) in [6.07, 6.45) is 3.95. The van der Waals surface area contributed by atoms with Crippen LogP contribution < -0.4 is 5.32 Å². The van der Waals surface area contributed by atoms with E-state index in [-0.39, 0.29) is 23.7 Å². The number of amides is 2. The Kier molecular flexibility index (Phi) is 4.59. The fourth-order valence-corrected chi connectivity index (χ4v) is 3.49. The highest BCUT2D eigenvalue weighted by Gasteiger charge is 2.49. The Morgan fingerprint density at radius 2 is 1.64 bits per heavy atom. The summed E-state index contributed by atoms with van der Waals surface area (Å²) in [5, 5.41) is 3.74. The molecule has 2 atom stereocenters. The zero-order chi connectivity index (χ0) is 15.7. The van der Waals surface area contributed by atoms with Gasteiger partial charge in [0, 0.05) is 28.8 Å². The molecule has 0 spiro atoms. The summed E-state index contributed by atoms with van der Waals surface area (Å²) in [6, 6.07) is 4.91. The molecule has 1 aromatic rings. The maximum absolute atomic E-state index is 12.3. The summed E-state index contributed by atoms with van der Waals surface area (Å²) in [6.45, 7) is 1.65. The molecule has 2 unspecified atom stereocenters. The lowest BCUT2D eigenvalue weighted by molar-refractivity contribution is -0.134. The van der Waals surface area contributed by atoms with Crippen LogP contribution in [0, 0.1) is 11.8 Å². The van der Waals surface area contributed by atoms with Gasteiger partial charge in [-0.2, -0.15) is 0 Å². The molecule has 1 aromatic carbocycles. The Balaban J connectivity index is 1.57. The minimum atomic E-state index is -0.229. The fraction of sp³-hybridized carbons (Fsp3) is 0.500. The van der Waals surface area contributed by atoms with Gasteiger partial charge in [0.1, 0.15) is 0 Å². The van der Waals surface area contributed by atoms with Crippen LogP contribution in [0.2, 0.25) is 10.0 Å². The Morgan fingerprint density at radius 3 is 2.27 bits per heavy atom. The molecule has 118 valence electrons. The number of hydrogen-bond acceptors (Lipinski definition) is 2. The number of anilines is 1. The summed E-state index contributed by atoms with van der Waals surface area (Å²) in [5.74, 6) is -0.391. The number of benzene rings is 1. The van der Waals surface area contributed by atoms with Crippen LogP contribution in [0.1, 0.15) is 25.7 Å². The number of carbonyl (C=O) groups excluding carboxylic acids is 2. The van der Waals surface area contributed by atoms with E-state index in [4.69, 9.17) is 23.2 Å². The number of nitrogens with one attached hydrogen (secondary N) is 1. The van der Waals surface area contributed by atoms with Gasteiger partial charge in [-0.15, -0.1) is 0 Å². The lowest BCUT2D eigenvalue weighted by atomic mass is 10.1. The molecule has 0 aromatic heterocycles. The third kappa shape index (κ3) is 3.55. The highest BCUT2D eigenvalue weighted by Crippen LogP contribution is 2.41. The maximum atomic E-state index is 12.3. The first-order valence-corrected chi connectivity index (χ1v) is 8.36. The number of carbonyl (C=O) groups is 2. The predicted octanol–water partition coefficient (Wildman–Crippen LogP) is 3.58. The van der Waals surface area contributed by atoms with Crippen molar-refractivity contribution >= 4 is 40.7 Å². The largest absolute Gasteiger partial charge is 0.342 e. The van der Waals surface area contributed by atoms with Crippen LogP contribution in [-0.4, -0.2) is 29.8 Å². The summed E-state index contributed by atoms with van der Waals surface area (Å²) in [4.78, 5) is 26.5. The van der Waals surface area contributed by atoms with Crippen molar-refractivity contribution in [1.29, 1.82) is 0 Å². The van der Waals surface area contributed by atoms with E-state index in [2.05, 4.69) is 5.32 Å². The van der Waals surface area contributed by atoms with Crippen molar-refractivity contribution in [3.63, 3.8) is 0 Å². The van der Waals surface area contributed by atoms with E-state index in [0.717, 1.165) is 25.9 Å². The molecule has 2 amide bonds. The van der Waals surface area contributed by atoms with Gasteiger partial charge in [0.05, 0.1) is 11.8 Å². The predicted molar refractivity (Wildman–Crippen MR) is 87.1 cm³/mol. The van der Waals surface area contributed by atoms with Gasteiger partial charge in [-0.05, 0) is 43.9 Å². The van der Waals surface area contributed by atoms with Crippen molar-refractivity contribution in [2.24, 2.45) is 11.8 Å². The zero-order valence-corrected chi connectivity index (χ0v) is 13.7. The zero-order valence-electron chi connectivity index (χ0n) is 12.1. The second-order valence-electron chi connectivity index (χ2n) is 5.98. The molecule has 1 N–H and O–H groups in total. The van der Waals surface area contributed by atoms with Crippen LogP contribution in [0.5, 0.6) is 0 Å². The molecule has 1 aliphatic heterocycles. The minimum Gasteiger partial charge on any atom is -0.342 e. The number of likely N-dealkylation sites (tertiary alicyclic amines) is 1. The Bertz CT molecular complexity index is 580. The Morgan fingerprint density at radius 1 is 1.00 bits per heavy atom. The highest BCUT2D eigenvalue weighted by atomic mass is 35.5. The summed E-state index contributed by atoms with van der Waals surface area (Å²) < 4.78 is 0. The lowest BCUT2D eigenvalue weighted by Gasteiger charge is -2.26.